The third-order valence-electron chi connectivity index (χ3n) is 11.4. The number of alkyl halides is 1. The number of nitrogens with zero attached hydrogens (tertiary/aromatic N) is 9. The summed E-state index contributed by atoms with van der Waals surface area (Å²) >= 11 is 0. The molecule has 0 radical (unpaired) electrons. The Morgan fingerprint density at radius 1 is 1.20 bits per heavy atom. The molecule has 0 bridgehead atoms. The van der Waals surface area contributed by atoms with Crippen molar-refractivity contribution in [3.8, 4) is 12.1 Å². The Morgan fingerprint density at radius 3 is 2.98 bits per heavy atom. The summed E-state index contributed by atoms with van der Waals surface area (Å²) in [6.07, 6.45) is 11.4. The molecule has 49 heavy (non-hydrogen) atoms. The van der Waals surface area contributed by atoms with Gasteiger partial charge in [-0.25, -0.2) is 4.39 Å². The number of benzene rings is 1. The number of allylic oxidation sites excluding steroid dienone is 1. The van der Waals surface area contributed by atoms with Crippen molar-refractivity contribution in [1.82, 2.24) is 24.6 Å². The first-order chi connectivity index (χ1) is 23.8. The molecule has 2 fully saturated rings. The molecule has 2 N–H and O–H groups in total. The molecular weight excluding hydrogens is 623 g/mol. The van der Waals surface area contributed by atoms with E-state index >= 15 is 0 Å². The van der Waals surface area contributed by atoms with E-state index in [1.165, 1.54) is 0 Å². The summed E-state index contributed by atoms with van der Waals surface area (Å²) in [6.45, 7) is 3.29. The number of hydrogen-bond donors (Lipinski definition) is 1. The first-order valence-corrected chi connectivity index (χ1v) is 17.4. The number of ether oxygens (including phenoxy) is 2. The van der Waals surface area contributed by atoms with Crippen LogP contribution < -0.4 is 15.4 Å². The van der Waals surface area contributed by atoms with E-state index in [4.69, 9.17) is 30.3 Å². The number of nitrogens with two attached hydrogens (primary N) is 1. The second kappa shape index (κ2) is 11.5. The fourth-order valence-electron chi connectivity index (χ4n) is 9.07. The lowest BCUT2D eigenvalue weighted by atomic mass is 9.72. The van der Waals surface area contributed by atoms with Gasteiger partial charge in [-0.2, -0.15) is 20.3 Å². The largest absolute Gasteiger partial charge is 0.461 e. The van der Waals surface area contributed by atoms with Gasteiger partial charge in [0.2, 0.25) is 5.70 Å². The standard InChI is InChI=1S/C36H40FN10O2/c1-44-31(8-11-40-44)29-15-25-20-45(12-4-14-47(25)43-29)33-27-21-49-36(10-2-5-23-6-7-28(39)26(18-38)32(23)36)17-30(27)41-34(42-33)48-22-35-9-3-13-46(35)19-24(37)16-35/h6-8,11,14-15,24H,2-5,9-10,12-13,16-17,19-22,39H2,1H3/q+1/t24-,35+,36+/m1/s1. The summed E-state index contributed by atoms with van der Waals surface area (Å²) in [5, 5.41) is 19.4. The van der Waals surface area contributed by atoms with Crippen LogP contribution in [0.15, 0.2) is 41.3 Å². The highest BCUT2D eigenvalue weighted by atomic mass is 19.1. The number of nitriles is 1. The zero-order valence-corrected chi connectivity index (χ0v) is 27.7. The van der Waals surface area contributed by atoms with Crippen molar-refractivity contribution in [1.29, 1.82) is 5.26 Å². The van der Waals surface area contributed by atoms with E-state index in [1.54, 1.807) is 6.20 Å². The molecule has 1 aliphatic carbocycles. The van der Waals surface area contributed by atoms with Crippen LogP contribution in [-0.4, -0.2) is 85.8 Å². The first kappa shape index (κ1) is 30.4. The Bertz CT molecular complexity index is 2000. The Kier molecular flexibility index (Phi) is 7.10. The number of rotatable bonds is 5. The highest BCUT2D eigenvalue weighted by Crippen LogP contribution is 2.48. The summed E-state index contributed by atoms with van der Waals surface area (Å²) in [5.41, 5.74) is 12.9. The average Bonchev–Trinajstić information content (AvgIpc) is 3.84. The molecule has 3 atom stereocenters. The van der Waals surface area contributed by atoms with Crippen molar-refractivity contribution in [3.05, 3.63) is 69.8 Å². The summed E-state index contributed by atoms with van der Waals surface area (Å²) in [5.74, 6) is 0.777. The minimum atomic E-state index is -0.844. The molecule has 2 aromatic heterocycles. The minimum absolute atomic E-state index is 0.297. The molecule has 0 unspecified atom stereocenters. The Labute approximate surface area is 284 Å². The van der Waals surface area contributed by atoms with Gasteiger partial charge in [0.1, 0.15) is 36.8 Å². The quantitative estimate of drug-likeness (QED) is 0.322. The molecule has 0 amide bonds. The molecule has 6 aliphatic rings. The zero-order chi connectivity index (χ0) is 33.3. The first-order valence-electron chi connectivity index (χ1n) is 17.4. The van der Waals surface area contributed by atoms with Gasteiger partial charge >= 0.3 is 6.01 Å². The number of aromatic nitrogens is 4. The molecule has 1 aromatic carbocycles. The molecule has 252 valence electrons. The van der Waals surface area contributed by atoms with Crippen LogP contribution in [-0.2, 0) is 36.8 Å². The number of halogens is 1. The molecule has 13 heteroatoms. The highest BCUT2D eigenvalue weighted by Gasteiger charge is 2.50. The van der Waals surface area contributed by atoms with Crippen molar-refractivity contribution >= 4 is 23.4 Å². The van der Waals surface area contributed by atoms with E-state index < -0.39 is 11.8 Å². The van der Waals surface area contributed by atoms with Gasteiger partial charge in [-0.1, -0.05) is 10.8 Å². The normalized spacial score (nSPS) is 27.4. The summed E-state index contributed by atoms with van der Waals surface area (Å²) < 4.78 is 31.8. The maximum Gasteiger partial charge on any atom is 0.318 e. The predicted molar refractivity (Wildman–Crippen MR) is 180 cm³/mol. The number of anilines is 2. The van der Waals surface area contributed by atoms with E-state index in [2.05, 4.69) is 33.3 Å². The lowest BCUT2D eigenvalue weighted by Crippen LogP contribution is -2.44. The maximum absolute atomic E-state index is 14.6. The number of hydrazone groups is 1. The topological polar surface area (TPSA) is 134 Å². The Balaban J connectivity index is 1.09. The van der Waals surface area contributed by atoms with Gasteiger partial charge in [0, 0.05) is 73.6 Å². The van der Waals surface area contributed by atoms with Gasteiger partial charge in [-0.3, -0.25) is 9.58 Å². The van der Waals surface area contributed by atoms with Crippen molar-refractivity contribution in [2.75, 3.05) is 43.4 Å². The molecule has 3 aromatic rings. The second-order valence-corrected chi connectivity index (χ2v) is 14.3. The SMILES string of the molecule is Cn1nccc1C1=N[N+]2=CCCN(c3nc(OC[C@@]45CCCN4C[C@H](F)C5)nc4c3CO[C@@]3(CCCc5ccc(N)c(C#N)c53)C4)CC2=C1. The molecule has 9 rings (SSSR count). The maximum atomic E-state index is 14.6. The van der Waals surface area contributed by atoms with Crippen LogP contribution in [0.25, 0.3) is 0 Å². The second-order valence-electron chi connectivity index (χ2n) is 14.3. The fourth-order valence-corrected chi connectivity index (χ4v) is 9.07. The molecular formula is C36H40FN10O2+. The molecule has 1 spiro atoms. The molecule has 0 saturated carbocycles. The van der Waals surface area contributed by atoms with Gasteiger partial charge in [-0.05, 0) is 56.3 Å². The van der Waals surface area contributed by atoms with Crippen LogP contribution in [0.4, 0.5) is 15.9 Å². The van der Waals surface area contributed by atoms with Crippen LogP contribution in [0.1, 0.15) is 72.2 Å². The molecule has 2 saturated heterocycles. The van der Waals surface area contributed by atoms with Crippen molar-refractivity contribution < 1.29 is 18.5 Å². The van der Waals surface area contributed by atoms with Crippen molar-refractivity contribution in [2.24, 2.45) is 12.1 Å². The van der Waals surface area contributed by atoms with E-state index in [1.807, 2.05) is 34.6 Å². The highest BCUT2D eigenvalue weighted by molar-refractivity contribution is 6.08. The van der Waals surface area contributed by atoms with E-state index in [9.17, 15) is 9.65 Å². The Morgan fingerprint density at radius 2 is 2.12 bits per heavy atom. The third kappa shape index (κ3) is 4.95. The van der Waals surface area contributed by atoms with Gasteiger partial charge in [-0.15, -0.1) is 0 Å². The van der Waals surface area contributed by atoms with Crippen LogP contribution in [0.5, 0.6) is 6.01 Å². The number of aryl methyl sites for hydroxylation is 2. The minimum Gasteiger partial charge on any atom is -0.461 e. The summed E-state index contributed by atoms with van der Waals surface area (Å²) in [7, 11) is 1.92. The molecule has 5 aliphatic heterocycles. The number of hydrogen-bond acceptors (Lipinski definition) is 10. The molecule has 7 heterocycles. The van der Waals surface area contributed by atoms with Crippen LogP contribution >= 0.6 is 0 Å². The Hall–Kier alpha value is -4.67. The van der Waals surface area contributed by atoms with Crippen LogP contribution in [0, 0.1) is 11.3 Å². The molecule has 12 nitrogen and oxygen atoms in total. The summed E-state index contributed by atoms with van der Waals surface area (Å²) in [6, 6.07) is 8.51. The summed E-state index contributed by atoms with van der Waals surface area (Å²) in [4.78, 5) is 14.7. The van der Waals surface area contributed by atoms with Gasteiger partial charge in [0.15, 0.2) is 11.9 Å². The lowest BCUT2D eigenvalue weighted by Gasteiger charge is -2.43. The van der Waals surface area contributed by atoms with Crippen molar-refractivity contribution in [2.45, 2.75) is 75.3 Å². The fraction of sp³-hybridized carbons (Fsp3) is 0.500. The monoisotopic (exact) mass is 663 g/mol. The van der Waals surface area contributed by atoms with Gasteiger partial charge in [0.05, 0.1) is 29.1 Å². The zero-order valence-electron chi connectivity index (χ0n) is 27.7. The number of nitrogen functional groups attached to an aromatic ring is 1. The van der Waals surface area contributed by atoms with Crippen molar-refractivity contribution in [3.63, 3.8) is 0 Å². The van der Waals surface area contributed by atoms with Crippen LogP contribution in [0.2, 0.25) is 0 Å². The smallest absolute Gasteiger partial charge is 0.318 e. The average molecular weight is 664 g/mol. The van der Waals surface area contributed by atoms with E-state index in [-0.39, 0.29) is 5.54 Å². The third-order valence-corrected chi connectivity index (χ3v) is 11.4. The number of fused-ring (bicyclic) bond motifs is 5. The van der Waals surface area contributed by atoms with Crippen LogP contribution in [0.3, 0.4) is 0 Å². The van der Waals surface area contributed by atoms with E-state index in [0.29, 0.717) is 56.4 Å². The van der Waals surface area contributed by atoms with Gasteiger partial charge < -0.3 is 20.1 Å². The van der Waals surface area contributed by atoms with Gasteiger partial charge in [0.25, 0.3) is 0 Å². The predicted octanol–water partition coefficient (Wildman–Crippen LogP) is 3.52. The van der Waals surface area contributed by atoms with E-state index in [0.717, 1.165) is 96.9 Å². The lowest BCUT2D eigenvalue weighted by molar-refractivity contribution is -0.473.